The third kappa shape index (κ3) is 7.89. The number of unbranched alkanes of at least 4 members (excludes halogenated alkanes) is 4. The summed E-state index contributed by atoms with van der Waals surface area (Å²) in [7, 11) is -4.56. The van der Waals surface area contributed by atoms with Crippen LogP contribution in [-0.4, -0.2) is 17.9 Å². The van der Waals surface area contributed by atoms with E-state index in [-0.39, 0.29) is 36.0 Å². The average molecular weight is 393 g/mol. The van der Waals surface area contributed by atoms with E-state index in [1.54, 1.807) is 6.92 Å². The maximum absolute atomic E-state index is 11.7. The van der Waals surface area contributed by atoms with Crippen LogP contribution in [0.1, 0.15) is 83.8 Å². The molecule has 0 aromatic heterocycles. The van der Waals surface area contributed by atoms with Gasteiger partial charge in [0.1, 0.15) is 15.9 Å². The summed E-state index contributed by atoms with van der Waals surface area (Å²) in [6, 6.07) is 6.05. The fourth-order valence-electron chi connectivity index (χ4n) is 2.73. The van der Waals surface area contributed by atoms with E-state index >= 15 is 0 Å². The molecule has 1 atom stereocenters. The number of rotatable bonds is 12. The van der Waals surface area contributed by atoms with Gasteiger partial charge in [-0.15, -0.1) is 0 Å². The molecular formula is C20H33NaO4S. The molecule has 0 aliphatic heterocycles. The van der Waals surface area contributed by atoms with Gasteiger partial charge in [0.2, 0.25) is 0 Å². The Kier molecular flexibility index (Phi) is 12.4. The Bertz CT molecular complexity index is 631. The molecule has 0 heterocycles. The molecular weight excluding hydrogens is 359 g/mol. The fourth-order valence-corrected chi connectivity index (χ4v) is 3.28. The molecule has 144 valence electrons. The minimum Gasteiger partial charge on any atom is -0.745 e. The minimum absolute atomic E-state index is 0. The Morgan fingerprint density at radius 1 is 1.00 bits per heavy atom. The van der Waals surface area contributed by atoms with E-state index in [9.17, 15) is 13.0 Å². The Hall–Kier alpha value is -0.0700. The summed E-state index contributed by atoms with van der Waals surface area (Å²) in [6.45, 7) is 7.34. The van der Waals surface area contributed by atoms with Crippen molar-refractivity contribution >= 4 is 10.1 Å². The van der Waals surface area contributed by atoms with E-state index in [1.165, 1.54) is 6.92 Å². The van der Waals surface area contributed by atoms with E-state index in [0.29, 0.717) is 5.75 Å². The number of hydrogen-bond donors (Lipinski definition) is 0. The predicted molar refractivity (Wildman–Crippen MR) is 102 cm³/mol. The monoisotopic (exact) mass is 392 g/mol. The molecule has 6 heteroatoms. The summed E-state index contributed by atoms with van der Waals surface area (Å²) >= 11 is 0. The van der Waals surface area contributed by atoms with Crippen LogP contribution < -0.4 is 34.3 Å². The quantitative estimate of drug-likeness (QED) is 0.311. The molecule has 0 fully saturated rings. The molecule has 1 unspecified atom stereocenters. The molecule has 1 aromatic carbocycles. The number of benzene rings is 1. The van der Waals surface area contributed by atoms with Crippen molar-refractivity contribution in [2.45, 2.75) is 90.4 Å². The normalized spacial score (nSPS) is 13.7. The van der Waals surface area contributed by atoms with E-state index in [4.69, 9.17) is 4.74 Å². The van der Waals surface area contributed by atoms with Crippen molar-refractivity contribution < 1.29 is 47.3 Å². The zero-order valence-corrected chi connectivity index (χ0v) is 20.0. The van der Waals surface area contributed by atoms with Gasteiger partial charge in [-0.05, 0) is 56.2 Å². The van der Waals surface area contributed by atoms with Gasteiger partial charge in [0.15, 0.2) is 4.93 Å². The molecule has 0 radical (unpaired) electrons. The van der Waals surface area contributed by atoms with Crippen LogP contribution in [0.2, 0.25) is 0 Å². The van der Waals surface area contributed by atoms with Crippen molar-refractivity contribution in [1.82, 2.24) is 0 Å². The van der Waals surface area contributed by atoms with Crippen molar-refractivity contribution in [3.05, 3.63) is 29.3 Å². The van der Waals surface area contributed by atoms with E-state index in [2.05, 4.69) is 19.9 Å². The molecule has 0 N–H and O–H groups in total. The van der Waals surface area contributed by atoms with Gasteiger partial charge in [0.25, 0.3) is 0 Å². The Balaban J connectivity index is 0.00000625. The Morgan fingerprint density at radius 3 is 2.08 bits per heavy atom. The second kappa shape index (κ2) is 12.4. The van der Waals surface area contributed by atoms with Crippen LogP contribution >= 0.6 is 0 Å². The Morgan fingerprint density at radius 2 is 1.58 bits per heavy atom. The van der Waals surface area contributed by atoms with Crippen LogP contribution in [0.4, 0.5) is 0 Å². The molecule has 0 aliphatic carbocycles. The predicted octanol–water partition coefficient (Wildman–Crippen LogP) is 2.21. The van der Waals surface area contributed by atoms with Gasteiger partial charge in [-0.3, -0.25) is 0 Å². The SMILES string of the molecule is CCCCCc1ccc(CCCCC)c(OC(C)(CC)S(=O)(=O)[O-])c1.[Na+]. The first kappa shape index (κ1) is 25.9. The molecule has 0 amide bonds. The first-order chi connectivity index (χ1) is 11.8. The topological polar surface area (TPSA) is 66.4 Å². The van der Waals surface area contributed by atoms with Crippen LogP contribution in [0.25, 0.3) is 0 Å². The second-order valence-electron chi connectivity index (χ2n) is 6.90. The molecule has 1 rings (SSSR count). The van der Waals surface area contributed by atoms with E-state index in [1.807, 2.05) is 12.1 Å². The van der Waals surface area contributed by atoms with Crippen molar-refractivity contribution in [3.8, 4) is 5.75 Å². The van der Waals surface area contributed by atoms with Crippen molar-refractivity contribution in [2.75, 3.05) is 0 Å². The molecule has 26 heavy (non-hydrogen) atoms. The summed E-state index contributed by atoms with van der Waals surface area (Å²) in [5, 5.41) is 0. The van der Waals surface area contributed by atoms with Gasteiger partial charge in [-0.2, -0.15) is 0 Å². The summed E-state index contributed by atoms with van der Waals surface area (Å²) in [5.41, 5.74) is 2.11. The van der Waals surface area contributed by atoms with Gasteiger partial charge >= 0.3 is 29.6 Å². The number of ether oxygens (including phenoxy) is 1. The smallest absolute Gasteiger partial charge is 0.745 e. The van der Waals surface area contributed by atoms with Crippen molar-refractivity contribution in [2.24, 2.45) is 0 Å². The Labute approximate surface area is 182 Å². The molecule has 4 nitrogen and oxygen atoms in total. The van der Waals surface area contributed by atoms with Gasteiger partial charge in [0.05, 0.1) is 0 Å². The standard InChI is InChI=1S/C20H34O4S.Na/c1-5-8-10-12-17-14-15-18(13-11-9-6-2)19(16-17)24-20(4,7-3)25(21,22)23;/h14-16H,5-13H2,1-4H3,(H,21,22,23);/q;+1/p-1. The van der Waals surface area contributed by atoms with Crippen LogP contribution in [0.3, 0.4) is 0 Å². The molecule has 0 saturated heterocycles. The molecule has 1 aromatic rings. The first-order valence-corrected chi connectivity index (χ1v) is 10.9. The summed E-state index contributed by atoms with van der Waals surface area (Å²) in [4.78, 5) is -1.73. The second-order valence-corrected chi connectivity index (χ2v) is 8.67. The number of hydrogen-bond acceptors (Lipinski definition) is 4. The van der Waals surface area contributed by atoms with Crippen LogP contribution in [0.5, 0.6) is 5.75 Å². The van der Waals surface area contributed by atoms with Crippen LogP contribution in [0, 0.1) is 0 Å². The van der Waals surface area contributed by atoms with E-state index in [0.717, 1.165) is 62.5 Å². The van der Waals surface area contributed by atoms with Gasteiger partial charge < -0.3 is 9.29 Å². The maximum Gasteiger partial charge on any atom is 1.00 e. The van der Waals surface area contributed by atoms with Crippen molar-refractivity contribution in [3.63, 3.8) is 0 Å². The third-order valence-electron chi connectivity index (χ3n) is 4.75. The van der Waals surface area contributed by atoms with Gasteiger partial charge in [-0.25, -0.2) is 8.42 Å². The van der Waals surface area contributed by atoms with Gasteiger partial charge in [-0.1, -0.05) is 58.6 Å². The largest absolute Gasteiger partial charge is 1.00 e. The maximum atomic E-state index is 11.7. The van der Waals surface area contributed by atoms with Crippen molar-refractivity contribution in [1.29, 1.82) is 0 Å². The summed E-state index contributed by atoms with van der Waals surface area (Å²) in [5.74, 6) is 0.550. The molecule has 0 aliphatic rings. The van der Waals surface area contributed by atoms with Crippen LogP contribution in [0.15, 0.2) is 18.2 Å². The first-order valence-electron chi connectivity index (χ1n) is 9.53. The van der Waals surface area contributed by atoms with Crippen LogP contribution in [-0.2, 0) is 23.0 Å². The molecule has 0 saturated carbocycles. The zero-order chi connectivity index (χ0) is 18.9. The summed E-state index contributed by atoms with van der Waals surface area (Å²) < 4.78 is 40.9. The zero-order valence-electron chi connectivity index (χ0n) is 17.1. The minimum atomic E-state index is -4.56. The van der Waals surface area contributed by atoms with E-state index < -0.39 is 15.1 Å². The molecule has 0 spiro atoms. The number of aryl methyl sites for hydroxylation is 2. The molecule has 0 bridgehead atoms. The van der Waals surface area contributed by atoms with Gasteiger partial charge in [0, 0.05) is 0 Å². The summed E-state index contributed by atoms with van der Waals surface area (Å²) in [6.07, 6.45) is 8.55. The third-order valence-corrected chi connectivity index (χ3v) is 6.18. The fraction of sp³-hybridized carbons (Fsp3) is 0.700. The average Bonchev–Trinajstić information content (AvgIpc) is 2.56.